The second-order valence-corrected chi connectivity index (χ2v) is 13.3. The Hall–Kier alpha value is -2.49. The summed E-state index contributed by atoms with van der Waals surface area (Å²) >= 11 is 3.61. The van der Waals surface area contributed by atoms with Crippen molar-refractivity contribution in [3.8, 4) is 32.0 Å². The van der Waals surface area contributed by atoms with Gasteiger partial charge < -0.3 is 0 Å². The van der Waals surface area contributed by atoms with E-state index in [1.54, 1.807) is 0 Å². The van der Waals surface area contributed by atoms with Crippen molar-refractivity contribution in [3.63, 3.8) is 0 Å². The number of fused-ring (bicyclic) bond motifs is 3. The number of rotatable bonds is 16. The molecule has 0 saturated heterocycles. The van der Waals surface area contributed by atoms with Crippen LogP contribution in [0.5, 0.6) is 0 Å². The summed E-state index contributed by atoms with van der Waals surface area (Å²) in [6.07, 6.45) is 18.3. The van der Waals surface area contributed by atoms with E-state index in [0.717, 1.165) is 46.2 Å². The van der Waals surface area contributed by atoms with Gasteiger partial charge in [-0.05, 0) is 94.1 Å². The van der Waals surface area contributed by atoms with Gasteiger partial charge in [-0.3, -0.25) is 4.79 Å². The van der Waals surface area contributed by atoms with Crippen molar-refractivity contribution in [2.24, 2.45) is 0 Å². The Labute approximate surface area is 249 Å². The zero-order valence-corrected chi connectivity index (χ0v) is 26.0. The predicted octanol–water partition coefficient (Wildman–Crippen LogP) is 12.2. The number of carbonyl (C=O) groups excluding carboxylic acids is 1. The lowest BCUT2D eigenvalue weighted by molar-refractivity contribution is 0.104. The number of thiophene rings is 2. The highest BCUT2D eigenvalue weighted by Gasteiger charge is 2.27. The van der Waals surface area contributed by atoms with Gasteiger partial charge in [-0.15, -0.1) is 22.7 Å². The molecule has 0 N–H and O–H groups in total. The third-order valence-electron chi connectivity index (χ3n) is 8.33. The van der Waals surface area contributed by atoms with Crippen LogP contribution in [-0.4, -0.2) is 5.78 Å². The lowest BCUT2D eigenvalue weighted by Gasteiger charge is -2.04. The third-order valence-corrected chi connectivity index (χ3v) is 10.4. The Kier molecular flexibility index (Phi) is 10.5. The fraction of sp³-hybridized carbons (Fsp3) is 0.432. The van der Waals surface area contributed by atoms with Crippen LogP contribution in [0.4, 0.5) is 0 Å². The van der Waals surface area contributed by atoms with Gasteiger partial charge in [-0.25, -0.2) is 0 Å². The highest BCUT2D eigenvalue weighted by molar-refractivity contribution is 7.14. The molecule has 2 heterocycles. The van der Waals surface area contributed by atoms with Crippen LogP contribution in [0.2, 0.25) is 0 Å². The summed E-state index contributed by atoms with van der Waals surface area (Å²) in [5, 5.41) is 4.61. The molecule has 1 nitrogen and oxygen atoms in total. The zero-order valence-electron chi connectivity index (χ0n) is 24.4. The second-order valence-electron chi connectivity index (χ2n) is 11.5. The lowest BCUT2D eigenvalue weighted by Crippen LogP contribution is -1.95. The first-order chi connectivity index (χ1) is 19.7. The van der Waals surface area contributed by atoms with Crippen molar-refractivity contribution < 1.29 is 4.79 Å². The van der Waals surface area contributed by atoms with Crippen LogP contribution < -0.4 is 0 Å². The number of aryl methyl sites for hydroxylation is 2. The predicted molar refractivity (Wildman–Crippen MR) is 176 cm³/mol. The lowest BCUT2D eigenvalue weighted by atomic mass is 10.0. The molecule has 5 rings (SSSR count). The molecule has 210 valence electrons. The largest absolute Gasteiger partial charge is 0.289 e. The molecule has 0 aliphatic heterocycles. The molecule has 1 aliphatic carbocycles. The van der Waals surface area contributed by atoms with E-state index in [1.165, 1.54) is 97.9 Å². The Balaban J connectivity index is 1.22. The van der Waals surface area contributed by atoms with Gasteiger partial charge in [0.05, 0.1) is 0 Å². The SMILES string of the molecule is CCCCCCCCc1csc(-c2ccc3c(c2)C(=O)c2cc(-c4cc(CCCCCCCC)cs4)ccc2-3)c1. The third kappa shape index (κ3) is 7.04. The quantitative estimate of drug-likeness (QED) is 0.108. The van der Waals surface area contributed by atoms with E-state index in [9.17, 15) is 4.79 Å². The van der Waals surface area contributed by atoms with Crippen LogP contribution in [-0.2, 0) is 12.8 Å². The first-order valence-electron chi connectivity index (χ1n) is 15.7. The molecule has 0 bridgehead atoms. The Morgan fingerprint density at radius 1 is 0.500 bits per heavy atom. The number of unbranched alkanes of at least 4 members (excludes halogenated alkanes) is 10. The average molecular weight is 569 g/mol. The topological polar surface area (TPSA) is 17.1 Å². The van der Waals surface area contributed by atoms with Crippen molar-refractivity contribution in [3.05, 3.63) is 81.5 Å². The Morgan fingerprint density at radius 3 is 1.38 bits per heavy atom. The van der Waals surface area contributed by atoms with Gasteiger partial charge in [0.1, 0.15) is 0 Å². The summed E-state index contributed by atoms with van der Waals surface area (Å²) in [7, 11) is 0. The average Bonchev–Trinajstić information content (AvgIpc) is 3.71. The minimum atomic E-state index is 0.168. The molecule has 0 fully saturated rings. The van der Waals surface area contributed by atoms with Crippen molar-refractivity contribution in [2.45, 2.75) is 104 Å². The number of ketones is 1. The van der Waals surface area contributed by atoms with E-state index in [4.69, 9.17) is 0 Å². The number of hydrogen-bond acceptors (Lipinski definition) is 3. The van der Waals surface area contributed by atoms with Crippen LogP contribution in [0.1, 0.15) is 118 Å². The fourth-order valence-electron chi connectivity index (χ4n) is 5.92. The minimum absolute atomic E-state index is 0.168. The van der Waals surface area contributed by atoms with Gasteiger partial charge in [0, 0.05) is 20.9 Å². The molecule has 3 heteroatoms. The maximum Gasteiger partial charge on any atom is 0.194 e. The summed E-state index contributed by atoms with van der Waals surface area (Å²) in [6, 6.07) is 17.6. The summed E-state index contributed by atoms with van der Waals surface area (Å²) in [5.74, 6) is 0.168. The van der Waals surface area contributed by atoms with Crippen LogP contribution in [0.15, 0.2) is 59.3 Å². The van der Waals surface area contributed by atoms with Crippen LogP contribution in [0, 0.1) is 0 Å². The molecule has 0 radical (unpaired) electrons. The van der Waals surface area contributed by atoms with E-state index in [-0.39, 0.29) is 5.78 Å². The van der Waals surface area contributed by atoms with E-state index in [0.29, 0.717) is 0 Å². The molecule has 4 aromatic rings. The molecule has 0 unspecified atom stereocenters. The molecule has 2 aromatic heterocycles. The standard InChI is InChI=1S/C37H44OS2/c1-3-5-7-9-11-13-15-27-21-35(39-25-27)29-17-19-31-32-20-18-30(24-34(32)37(38)33(31)23-29)36-22-28(26-40-36)16-14-12-10-8-6-4-2/h17-26H,3-16H2,1-2H3. The molecule has 0 amide bonds. The molecule has 2 aromatic carbocycles. The van der Waals surface area contributed by atoms with Crippen molar-refractivity contribution >= 4 is 28.5 Å². The maximum absolute atomic E-state index is 13.6. The van der Waals surface area contributed by atoms with E-state index in [1.807, 2.05) is 22.7 Å². The van der Waals surface area contributed by atoms with E-state index >= 15 is 0 Å². The zero-order chi connectivity index (χ0) is 27.7. The summed E-state index contributed by atoms with van der Waals surface area (Å²) in [6.45, 7) is 4.54. The number of benzene rings is 2. The molecule has 40 heavy (non-hydrogen) atoms. The van der Waals surface area contributed by atoms with Crippen molar-refractivity contribution in [2.75, 3.05) is 0 Å². The Bertz CT molecular complexity index is 1300. The summed E-state index contributed by atoms with van der Waals surface area (Å²) in [5.41, 5.74) is 9.05. The van der Waals surface area contributed by atoms with Crippen LogP contribution in [0.25, 0.3) is 32.0 Å². The summed E-state index contributed by atoms with van der Waals surface area (Å²) < 4.78 is 0. The molecule has 1 aliphatic rings. The first-order valence-corrected chi connectivity index (χ1v) is 17.4. The van der Waals surface area contributed by atoms with Gasteiger partial charge in [0.15, 0.2) is 5.78 Å². The molecular weight excluding hydrogens is 525 g/mol. The van der Waals surface area contributed by atoms with Crippen LogP contribution >= 0.6 is 22.7 Å². The number of carbonyl (C=O) groups is 1. The monoisotopic (exact) mass is 568 g/mol. The normalized spacial score (nSPS) is 12.2. The molecular formula is C37H44OS2. The van der Waals surface area contributed by atoms with Gasteiger partial charge in [-0.2, -0.15) is 0 Å². The highest BCUT2D eigenvalue weighted by Crippen LogP contribution is 2.42. The molecule has 0 saturated carbocycles. The fourth-order valence-corrected chi connectivity index (χ4v) is 7.81. The summed E-state index contributed by atoms with van der Waals surface area (Å²) in [4.78, 5) is 16.1. The number of hydrogen-bond donors (Lipinski definition) is 0. The van der Waals surface area contributed by atoms with Crippen LogP contribution in [0.3, 0.4) is 0 Å². The highest BCUT2D eigenvalue weighted by atomic mass is 32.1. The van der Waals surface area contributed by atoms with E-state index < -0.39 is 0 Å². The van der Waals surface area contributed by atoms with Gasteiger partial charge >= 0.3 is 0 Å². The Morgan fingerprint density at radius 2 is 0.925 bits per heavy atom. The first kappa shape index (κ1) is 29.0. The minimum Gasteiger partial charge on any atom is -0.289 e. The smallest absolute Gasteiger partial charge is 0.194 e. The van der Waals surface area contributed by atoms with Crippen molar-refractivity contribution in [1.82, 2.24) is 0 Å². The van der Waals surface area contributed by atoms with Gasteiger partial charge in [0.25, 0.3) is 0 Å². The van der Waals surface area contributed by atoms with Gasteiger partial charge in [-0.1, -0.05) is 102 Å². The molecule has 0 spiro atoms. The molecule has 0 atom stereocenters. The second kappa shape index (κ2) is 14.4. The van der Waals surface area contributed by atoms with Gasteiger partial charge in [0.2, 0.25) is 0 Å². The maximum atomic E-state index is 13.6. The van der Waals surface area contributed by atoms with Crippen molar-refractivity contribution in [1.29, 1.82) is 0 Å². The van der Waals surface area contributed by atoms with E-state index in [2.05, 4.69) is 73.1 Å².